The Balaban J connectivity index is 1.19. The summed E-state index contributed by atoms with van der Waals surface area (Å²) in [4.78, 5) is 34.5. The lowest BCUT2D eigenvalue weighted by atomic mass is 10.1. The number of amides is 1. The first-order valence-electron chi connectivity index (χ1n) is 13.6. The maximum Gasteiger partial charge on any atom is 0.254 e. The largest absolute Gasteiger partial charge is 0.341 e. The van der Waals surface area contributed by atoms with Crippen molar-refractivity contribution in [1.82, 2.24) is 29.4 Å². The van der Waals surface area contributed by atoms with Gasteiger partial charge in [-0.3, -0.25) is 4.79 Å². The molecule has 10 nitrogen and oxygen atoms in total. The Morgan fingerprint density at radius 1 is 1.12 bits per heavy atom. The Morgan fingerprint density at radius 2 is 1.90 bits per heavy atom. The van der Waals surface area contributed by atoms with Crippen molar-refractivity contribution in [3.05, 3.63) is 65.1 Å². The lowest BCUT2D eigenvalue weighted by Gasteiger charge is -2.32. The molecule has 5 heterocycles. The van der Waals surface area contributed by atoms with Gasteiger partial charge in [0, 0.05) is 62.4 Å². The minimum atomic E-state index is -0.557. The normalized spacial score (nSPS) is 18.1. The highest BCUT2D eigenvalue weighted by molar-refractivity contribution is 6.36. The first kappa shape index (κ1) is 26.4. The van der Waals surface area contributed by atoms with Gasteiger partial charge in [0.05, 0.1) is 16.1 Å². The van der Waals surface area contributed by atoms with Gasteiger partial charge in [-0.1, -0.05) is 18.5 Å². The molecule has 1 amide bonds. The van der Waals surface area contributed by atoms with Crippen molar-refractivity contribution < 1.29 is 9.18 Å². The number of hydrogen-bond donors (Lipinski definition) is 2. The number of nitrogens with one attached hydrogen (secondary N) is 1. The Labute approximate surface area is 236 Å². The predicted molar refractivity (Wildman–Crippen MR) is 153 cm³/mol. The van der Waals surface area contributed by atoms with E-state index >= 15 is 4.39 Å². The van der Waals surface area contributed by atoms with Gasteiger partial charge in [-0.2, -0.15) is 0 Å². The summed E-state index contributed by atoms with van der Waals surface area (Å²) < 4.78 is 17.2. The van der Waals surface area contributed by atoms with Crippen LogP contribution in [0.3, 0.4) is 0 Å². The lowest BCUT2D eigenvalue weighted by molar-refractivity contribution is 0.0790. The molecular formula is C28H31ClFN9O. The molecule has 0 unspecified atom stereocenters. The number of nitrogens with two attached hydrogens (primary N) is 1. The Hall–Kier alpha value is -3.83. The molecule has 208 valence electrons. The summed E-state index contributed by atoms with van der Waals surface area (Å²) >= 11 is 6.69. The van der Waals surface area contributed by atoms with E-state index in [1.165, 1.54) is 12.4 Å². The van der Waals surface area contributed by atoms with E-state index in [1.54, 1.807) is 17.0 Å². The second-order valence-electron chi connectivity index (χ2n) is 10.4. The average Bonchev–Trinajstić information content (AvgIpc) is 3.57. The zero-order valence-electron chi connectivity index (χ0n) is 22.2. The molecular weight excluding hydrogens is 533 g/mol. The number of halogens is 2. The quantitative estimate of drug-likeness (QED) is 0.356. The van der Waals surface area contributed by atoms with Crippen molar-refractivity contribution in [1.29, 1.82) is 0 Å². The average molecular weight is 564 g/mol. The monoisotopic (exact) mass is 563 g/mol. The number of carbonyl (C=O) groups excluding carboxylic acids is 1. The first-order chi connectivity index (χ1) is 19.4. The highest BCUT2D eigenvalue weighted by atomic mass is 35.5. The van der Waals surface area contributed by atoms with Crippen LogP contribution in [0.4, 0.5) is 21.8 Å². The molecule has 0 radical (unpaired) electrons. The van der Waals surface area contributed by atoms with Crippen molar-refractivity contribution in [2.24, 2.45) is 5.73 Å². The molecule has 2 fully saturated rings. The van der Waals surface area contributed by atoms with E-state index in [2.05, 4.69) is 41.6 Å². The molecule has 0 aliphatic carbocycles. The molecule has 3 aromatic heterocycles. The number of aryl methyl sites for hydroxylation is 1. The van der Waals surface area contributed by atoms with Gasteiger partial charge in [0.25, 0.3) is 5.91 Å². The summed E-state index contributed by atoms with van der Waals surface area (Å²) in [6, 6.07) is 4.54. The SMILES string of the molecule is CCc1cnc(N2CCC(n3cc(Cl)c4c(Nc5ccc(C(=O)N6CC[C@@H](N)C6)cc5F)ncnc43)CC2)nc1. The summed E-state index contributed by atoms with van der Waals surface area (Å²) in [5.41, 5.74) is 8.20. The van der Waals surface area contributed by atoms with Crippen molar-refractivity contribution in [3.63, 3.8) is 0 Å². The molecule has 4 aromatic rings. The standard InChI is InChI=1S/C28H31ClFN9O/c1-2-17-12-32-28(33-13-17)37-9-6-20(7-10-37)39-15-21(29)24-25(34-16-35-26(24)39)36-23-4-3-18(11-22(23)30)27(40)38-8-5-19(31)14-38/h3-4,11-13,15-16,19-20H,2,5-10,14,31H2,1H3,(H,34,35,36)/t19-/m1/s1. The van der Waals surface area contributed by atoms with Crippen molar-refractivity contribution >= 4 is 46.0 Å². The predicted octanol–water partition coefficient (Wildman–Crippen LogP) is 4.33. The summed E-state index contributed by atoms with van der Waals surface area (Å²) in [6.45, 7) is 4.76. The Bertz CT molecular complexity index is 1540. The minimum Gasteiger partial charge on any atom is -0.341 e. The molecule has 12 heteroatoms. The first-order valence-corrected chi connectivity index (χ1v) is 14.0. The summed E-state index contributed by atoms with van der Waals surface area (Å²) in [5, 5.41) is 4.16. The molecule has 1 atom stereocenters. The smallest absolute Gasteiger partial charge is 0.254 e. The van der Waals surface area contributed by atoms with E-state index in [0.29, 0.717) is 35.0 Å². The van der Waals surface area contributed by atoms with E-state index in [9.17, 15) is 4.79 Å². The minimum absolute atomic E-state index is 0.0357. The number of aromatic nitrogens is 5. The lowest BCUT2D eigenvalue weighted by Crippen LogP contribution is -2.35. The second-order valence-corrected chi connectivity index (χ2v) is 10.8. The van der Waals surface area contributed by atoms with Crippen LogP contribution < -0.4 is 16.0 Å². The van der Waals surface area contributed by atoms with Crippen molar-refractivity contribution in [2.75, 3.05) is 36.4 Å². The van der Waals surface area contributed by atoms with Crippen LogP contribution in [0, 0.1) is 5.82 Å². The third kappa shape index (κ3) is 5.06. The number of piperidine rings is 1. The van der Waals surface area contributed by atoms with Crippen LogP contribution in [-0.2, 0) is 6.42 Å². The van der Waals surface area contributed by atoms with Crippen LogP contribution in [0.2, 0.25) is 5.02 Å². The van der Waals surface area contributed by atoms with Crippen LogP contribution >= 0.6 is 11.6 Å². The maximum atomic E-state index is 15.1. The van der Waals surface area contributed by atoms with Crippen LogP contribution in [0.5, 0.6) is 0 Å². The number of rotatable bonds is 6. The molecule has 40 heavy (non-hydrogen) atoms. The number of anilines is 3. The van der Waals surface area contributed by atoms with Crippen molar-refractivity contribution in [3.8, 4) is 0 Å². The highest BCUT2D eigenvalue weighted by Crippen LogP contribution is 2.36. The summed E-state index contributed by atoms with van der Waals surface area (Å²) in [6.07, 6.45) is 10.5. The van der Waals surface area contributed by atoms with Gasteiger partial charge in [-0.05, 0) is 49.4 Å². The Morgan fingerprint density at radius 3 is 2.58 bits per heavy atom. The molecule has 2 aliphatic rings. The van der Waals surface area contributed by atoms with Gasteiger partial charge in [0.2, 0.25) is 5.95 Å². The fraction of sp³-hybridized carbons (Fsp3) is 0.393. The van der Waals surface area contributed by atoms with Crippen LogP contribution in [0.1, 0.15) is 48.1 Å². The van der Waals surface area contributed by atoms with E-state index in [-0.39, 0.29) is 29.2 Å². The summed E-state index contributed by atoms with van der Waals surface area (Å²) in [5.74, 6) is 0.370. The van der Waals surface area contributed by atoms with E-state index < -0.39 is 5.82 Å². The van der Waals surface area contributed by atoms with E-state index in [1.807, 2.05) is 18.6 Å². The fourth-order valence-electron chi connectivity index (χ4n) is 5.48. The zero-order valence-corrected chi connectivity index (χ0v) is 23.0. The van der Waals surface area contributed by atoms with Gasteiger partial charge in [-0.15, -0.1) is 0 Å². The van der Waals surface area contributed by atoms with Gasteiger partial charge in [0.15, 0.2) is 0 Å². The number of hydrogen-bond acceptors (Lipinski definition) is 8. The van der Waals surface area contributed by atoms with Gasteiger partial charge in [-0.25, -0.2) is 24.3 Å². The molecule has 2 saturated heterocycles. The second kappa shape index (κ2) is 11.0. The maximum absolute atomic E-state index is 15.1. The van der Waals surface area contributed by atoms with Crippen molar-refractivity contribution in [2.45, 2.75) is 44.7 Å². The molecule has 1 aromatic carbocycles. The van der Waals surface area contributed by atoms with Crippen LogP contribution in [0.25, 0.3) is 11.0 Å². The molecule has 0 spiro atoms. The number of nitrogens with zero attached hydrogens (tertiary/aromatic N) is 7. The number of benzene rings is 1. The third-order valence-corrected chi connectivity index (χ3v) is 8.07. The molecule has 3 N–H and O–H groups in total. The molecule has 0 saturated carbocycles. The van der Waals surface area contributed by atoms with Gasteiger partial charge in [0.1, 0.15) is 23.6 Å². The zero-order chi connectivity index (χ0) is 27.8. The van der Waals surface area contributed by atoms with Gasteiger partial charge >= 0.3 is 0 Å². The van der Waals surface area contributed by atoms with Gasteiger partial charge < -0.3 is 25.4 Å². The Kier molecular flexibility index (Phi) is 7.24. The topological polar surface area (TPSA) is 118 Å². The number of likely N-dealkylation sites (tertiary alicyclic amines) is 1. The number of carbonyl (C=O) groups is 1. The van der Waals surface area contributed by atoms with Crippen LogP contribution in [0.15, 0.2) is 43.1 Å². The third-order valence-electron chi connectivity index (χ3n) is 7.78. The highest BCUT2D eigenvalue weighted by Gasteiger charge is 2.27. The molecule has 2 aliphatic heterocycles. The molecule has 0 bridgehead atoms. The van der Waals surface area contributed by atoms with E-state index in [4.69, 9.17) is 17.3 Å². The van der Waals surface area contributed by atoms with E-state index in [0.717, 1.165) is 50.3 Å². The summed E-state index contributed by atoms with van der Waals surface area (Å²) in [7, 11) is 0. The number of fused-ring (bicyclic) bond motifs is 1. The fourth-order valence-corrected chi connectivity index (χ4v) is 5.76. The van der Waals surface area contributed by atoms with Crippen LogP contribution in [-0.4, -0.2) is 67.5 Å². The molecule has 6 rings (SSSR count).